The molecule has 0 amide bonds. The van der Waals surface area contributed by atoms with E-state index in [0.29, 0.717) is 6.61 Å². The van der Waals surface area contributed by atoms with E-state index in [1.54, 1.807) is 6.20 Å². The summed E-state index contributed by atoms with van der Waals surface area (Å²) in [4.78, 5) is 22.9. The van der Waals surface area contributed by atoms with Crippen LogP contribution in [-0.2, 0) is 14.3 Å². The minimum atomic E-state index is -0.280. The highest BCUT2D eigenvalue weighted by molar-refractivity contribution is 5.80. The first-order valence-corrected chi connectivity index (χ1v) is 8.31. The van der Waals surface area contributed by atoms with E-state index in [4.69, 9.17) is 9.47 Å². The predicted molar refractivity (Wildman–Crippen MR) is 85.2 cm³/mol. The molecule has 7 heteroatoms. The van der Waals surface area contributed by atoms with E-state index in [1.165, 1.54) is 6.33 Å². The van der Waals surface area contributed by atoms with Gasteiger partial charge in [0.15, 0.2) is 0 Å². The van der Waals surface area contributed by atoms with E-state index >= 15 is 0 Å². The number of anilines is 1. The van der Waals surface area contributed by atoms with Crippen molar-refractivity contribution in [2.24, 2.45) is 0 Å². The lowest BCUT2D eigenvalue weighted by molar-refractivity contribution is -0.159. The zero-order valence-corrected chi connectivity index (χ0v) is 13.5. The highest BCUT2D eigenvalue weighted by Crippen LogP contribution is 2.24. The first kappa shape index (κ1) is 16.1. The third kappa shape index (κ3) is 3.97. The smallest absolute Gasteiger partial charge is 0.329 e. The SMILES string of the molecule is CC(OC(=O)C1CCCCN1c1ccncn1)C1CNCCO1. The molecule has 1 aromatic rings. The molecule has 7 nitrogen and oxygen atoms in total. The molecule has 126 valence electrons. The number of piperidine rings is 1. The number of ether oxygens (including phenoxy) is 2. The van der Waals surface area contributed by atoms with Gasteiger partial charge in [0.25, 0.3) is 0 Å². The van der Waals surface area contributed by atoms with Crippen LogP contribution in [0.3, 0.4) is 0 Å². The summed E-state index contributed by atoms with van der Waals surface area (Å²) in [6, 6.07) is 1.56. The monoisotopic (exact) mass is 320 g/mol. The molecule has 3 rings (SSSR count). The lowest BCUT2D eigenvalue weighted by Crippen LogP contribution is -2.50. The van der Waals surface area contributed by atoms with Crippen molar-refractivity contribution in [3.05, 3.63) is 18.6 Å². The fourth-order valence-corrected chi connectivity index (χ4v) is 3.13. The summed E-state index contributed by atoms with van der Waals surface area (Å²) in [5.41, 5.74) is 0. The molecule has 1 aromatic heterocycles. The Kier molecular flexibility index (Phi) is 5.40. The number of carbonyl (C=O) groups excluding carboxylic acids is 1. The second-order valence-electron chi connectivity index (χ2n) is 6.03. The van der Waals surface area contributed by atoms with Crippen LogP contribution in [0.5, 0.6) is 0 Å². The van der Waals surface area contributed by atoms with Crippen molar-refractivity contribution in [2.75, 3.05) is 31.1 Å². The summed E-state index contributed by atoms with van der Waals surface area (Å²) in [6.07, 6.45) is 5.74. The average Bonchev–Trinajstić information content (AvgIpc) is 2.63. The zero-order valence-electron chi connectivity index (χ0n) is 13.5. The highest BCUT2D eigenvalue weighted by Gasteiger charge is 2.33. The van der Waals surface area contributed by atoms with Gasteiger partial charge in [-0.2, -0.15) is 0 Å². The van der Waals surface area contributed by atoms with Gasteiger partial charge in [-0.05, 0) is 32.3 Å². The summed E-state index contributed by atoms with van der Waals surface area (Å²) in [5, 5.41) is 3.26. The Bertz CT molecular complexity index is 507. The van der Waals surface area contributed by atoms with Crippen molar-refractivity contribution in [3.63, 3.8) is 0 Å². The van der Waals surface area contributed by atoms with Crippen LogP contribution in [0.25, 0.3) is 0 Å². The van der Waals surface area contributed by atoms with Gasteiger partial charge in [-0.25, -0.2) is 14.8 Å². The largest absolute Gasteiger partial charge is 0.458 e. The average molecular weight is 320 g/mol. The quantitative estimate of drug-likeness (QED) is 0.821. The first-order valence-electron chi connectivity index (χ1n) is 8.31. The highest BCUT2D eigenvalue weighted by atomic mass is 16.6. The molecule has 1 N–H and O–H groups in total. The number of nitrogens with one attached hydrogen (secondary N) is 1. The molecule has 0 spiro atoms. The molecule has 2 aliphatic heterocycles. The van der Waals surface area contributed by atoms with E-state index < -0.39 is 0 Å². The Hall–Kier alpha value is -1.73. The molecule has 0 aliphatic carbocycles. The van der Waals surface area contributed by atoms with E-state index in [9.17, 15) is 4.79 Å². The van der Waals surface area contributed by atoms with E-state index in [2.05, 4.69) is 15.3 Å². The van der Waals surface area contributed by atoms with Gasteiger partial charge < -0.3 is 19.7 Å². The number of carbonyl (C=O) groups is 1. The van der Waals surface area contributed by atoms with Gasteiger partial charge in [-0.1, -0.05) is 0 Å². The van der Waals surface area contributed by atoms with Crippen LogP contribution >= 0.6 is 0 Å². The summed E-state index contributed by atoms with van der Waals surface area (Å²) >= 11 is 0. The molecule has 0 bridgehead atoms. The van der Waals surface area contributed by atoms with Crippen molar-refractivity contribution >= 4 is 11.8 Å². The molecule has 0 aromatic carbocycles. The van der Waals surface area contributed by atoms with Crippen LogP contribution in [-0.4, -0.2) is 60.4 Å². The Balaban J connectivity index is 1.64. The Labute approximate surface area is 136 Å². The molecule has 23 heavy (non-hydrogen) atoms. The number of rotatable bonds is 4. The minimum Gasteiger partial charge on any atom is -0.458 e. The summed E-state index contributed by atoms with van der Waals surface area (Å²) in [6.45, 7) is 4.93. The number of morpholine rings is 1. The van der Waals surface area contributed by atoms with Gasteiger partial charge >= 0.3 is 5.97 Å². The van der Waals surface area contributed by atoms with Gasteiger partial charge in [-0.3, -0.25) is 0 Å². The van der Waals surface area contributed by atoms with Gasteiger partial charge in [0.1, 0.15) is 30.4 Å². The van der Waals surface area contributed by atoms with Crippen LogP contribution in [0.2, 0.25) is 0 Å². The molecular formula is C16H24N4O3. The maximum Gasteiger partial charge on any atom is 0.329 e. The fraction of sp³-hybridized carbons (Fsp3) is 0.688. The Morgan fingerprint density at radius 2 is 2.43 bits per heavy atom. The molecule has 2 saturated heterocycles. The molecule has 3 heterocycles. The fourth-order valence-electron chi connectivity index (χ4n) is 3.13. The molecule has 3 unspecified atom stereocenters. The van der Waals surface area contributed by atoms with Crippen molar-refractivity contribution in [2.45, 2.75) is 44.4 Å². The van der Waals surface area contributed by atoms with Gasteiger partial charge in [-0.15, -0.1) is 0 Å². The second-order valence-corrected chi connectivity index (χ2v) is 6.03. The van der Waals surface area contributed by atoms with E-state index in [1.807, 2.05) is 17.9 Å². The third-order valence-electron chi connectivity index (χ3n) is 4.42. The normalized spacial score (nSPS) is 26.6. The van der Waals surface area contributed by atoms with Gasteiger partial charge in [0.2, 0.25) is 0 Å². The van der Waals surface area contributed by atoms with Gasteiger partial charge in [0.05, 0.1) is 6.61 Å². The van der Waals surface area contributed by atoms with Crippen LogP contribution in [0.15, 0.2) is 18.6 Å². The molecule has 2 fully saturated rings. The van der Waals surface area contributed by atoms with Crippen molar-refractivity contribution in [1.82, 2.24) is 15.3 Å². The number of hydrogen-bond donors (Lipinski definition) is 1. The molecule has 0 radical (unpaired) electrons. The molecule has 2 aliphatic rings. The van der Waals surface area contributed by atoms with Crippen LogP contribution < -0.4 is 10.2 Å². The van der Waals surface area contributed by atoms with Crippen LogP contribution in [0.4, 0.5) is 5.82 Å². The lowest BCUT2D eigenvalue weighted by atomic mass is 10.0. The number of nitrogens with zero attached hydrogens (tertiary/aromatic N) is 3. The van der Waals surface area contributed by atoms with Crippen molar-refractivity contribution < 1.29 is 14.3 Å². The molecule has 0 saturated carbocycles. The summed E-state index contributed by atoms with van der Waals surface area (Å²) in [5.74, 6) is 0.592. The number of aromatic nitrogens is 2. The van der Waals surface area contributed by atoms with Crippen molar-refractivity contribution in [1.29, 1.82) is 0 Å². The minimum absolute atomic E-state index is 0.0798. The second kappa shape index (κ2) is 7.70. The third-order valence-corrected chi connectivity index (χ3v) is 4.42. The Morgan fingerprint density at radius 1 is 1.52 bits per heavy atom. The Morgan fingerprint density at radius 3 is 3.17 bits per heavy atom. The number of esters is 1. The van der Waals surface area contributed by atoms with Crippen LogP contribution in [0.1, 0.15) is 26.2 Å². The standard InChI is InChI=1S/C16H24N4O3/c1-12(14-10-17-7-9-22-14)23-16(21)13-4-2-3-8-20(13)15-5-6-18-11-19-15/h5-6,11-14,17H,2-4,7-10H2,1H3. The number of hydrogen-bond acceptors (Lipinski definition) is 7. The predicted octanol–water partition coefficient (Wildman–Crippen LogP) is 0.756. The maximum absolute atomic E-state index is 12.7. The van der Waals surface area contributed by atoms with E-state index in [0.717, 1.165) is 44.7 Å². The topological polar surface area (TPSA) is 76.6 Å². The first-order chi connectivity index (χ1) is 11.3. The summed E-state index contributed by atoms with van der Waals surface area (Å²) in [7, 11) is 0. The maximum atomic E-state index is 12.7. The zero-order chi connectivity index (χ0) is 16.1. The van der Waals surface area contributed by atoms with E-state index in [-0.39, 0.29) is 24.2 Å². The van der Waals surface area contributed by atoms with Gasteiger partial charge in [0, 0.05) is 25.8 Å². The molecular weight excluding hydrogens is 296 g/mol. The van der Waals surface area contributed by atoms with Crippen molar-refractivity contribution in [3.8, 4) is 0 Å². The summed E-state index contributed by atoms with van der Waals surface area (Å²) < 4.78 is 11.4. The van der Waals surface area contributed by atoms with Crippen LogP contribution in [0, 0.1) is 0 Å². The lowest BCUT2D eigenvalue weighted by Gasteiger charge is -2.36. The molecule has 3 atom stereocenters.